The highest BCUT2D eigenvalue weighted by Crippen LogP contribution is 2.44. The third kappa shape index (κ3) is 1.50. The first kappa shape index (κ1) is 11.2. The molecule has 1 heterocycles. The lowest BCUT2D eigenvalue weighted by Crippen LogP contribution is -2.30. The summed E-state index contributed by atoms with van der Waals surface area (Å²) in [6.45, 7) is 4.19. The minimum Gasteiger partial charge on any atom is -0.478 e. The average molecular weight is 245 g/mol. The zero-order chi connectivity index (χ0) is 12.9. The Morgan fingerprint density at radius 2 is 2.17 bits per heavy atom. The molecular weight excluding hydrogens is 230 g/mol. The molecule has 5 nitrogen and oxygen atoms in total. The molecule has 0 radical (unpaired) electrons. The highest BCUT2D eigenvalue weighted by atomic mass is 16.4. The van der Waals surface area contributed by atoms with Crippen molar-refractivity contribution < 1.29 is 9.90 Å². The topological polar surface area (TPSA) is 68.0 Å². The predicted octanol–water partition coefficient (Wildman–Crippen LogP) is 2.27. The standard InChI is InChI=1S/C13H15N3O2/c1-13(2,8-6-7-8)16-11-9(12(17)18)4-3-5-10(11)14-15-16/h3-5,8H,6-7H2,1-2H3,(H,17,18). The van der Waals surface area contributed by atoms with E-state index in [1.165, 1.54) is 12.8 Å². The average Bonchev–Trinajstić information content (AvgIpc) is 3.08. The van der Waals surface area contributed by atoms with Gasteiger partial charge in [0.25, 0.3) is 0 Å². The summed E-state index contributed by atoms with van der Waals surface area (Å²) in [4.78, 5) is 11.3. The van der Waals surface area contributed by atoms with Gasteiger partial charge in [-0.25, -0.2) is 9.48 Å². The van der Waals surface area contributed by atoms with Crippen LogP contribution in [0.15, 0.2) is 18.2 Å². The van der Waals surface area contributed by atoms with Crippen LogP contribution >= 0.6 is 0 Å². The maximum absolute atomic E-state index is 11.3. The van der Waals surface area contributed by atoms with Crippen LogP contribution in [0.25, 0.3) is 11.0 Å². The number of rotatable bonds is 3. The lowest BCUT2D eigenvalue weighted by atomic mass is 9.98. The van der Waals surface area contributed by atoms with Gasteiger partial charge in [-0.1, -0.05) is 11.3 Å². The lowest BCUT2D eigenvalue weighted by molar-refractivity contribution is 0.0698. The van der Waals surface area contributed by atoms with Crippen molar-refractivity contribution in [1.29, 1.82) is 0 Å². The molecule has 3 rings (SSSR count). The molecule has 1 aromatic heterocycles. The highest BCUT2D eigenvalue weighted by molar-refractivity contribution is 6.00. The summed E-state index contributed by atoms with van der Waals surface area (Å²) >= 11 is 0. The minimum absolute atomic E-state index is 0.180. The van der Waals surface area contributed by atoms with Gasteiger partial charge in [-0.2, -0.15) is 0 Å². The summed E-state index contributed by atoms with van der Waals surface area (Å²) < 4.78 is 1.78. The number of aromatic carboxylic acids is 1. The summed E-state index contributed by atoms with van der Waals surface area (Å²) in [5, 5.41) is 17.5. The second-order valence-corrected chi connectivity index (χ2v) is 5.41. The molecule has 94 valence electrons. The van der Waals surface area contributed by atoms with Crippen LogP contribution in [0, 0.1) is 5.92 Å². The number of hydrogen-bond acceptors (Lipinski definition) is 3. The molecule has 1 aromatic carbocycles. The van der Waals surface area contributed by atoms with E-state index in [-0.39, 0.29) is 11.1 Å². The molecule has 0 spiro atoms. The first-order valence-electron chi connectivity index (χ1n) is 6.10. The highest BCUT2D eigenvalue weighted by Gasteiger charge is 2.41. The van der Waals surface area contributed by atoms with Crippen molar-refractivity contribution in [3.63, 3.8) is 0 Å². The molecule has 0 amide bonds. The Morgan fingerprint density at radius 1 is 1.44 bits per heavy atom. The van der Waals surface area contributed by atoms with Gasteiger partial charge in [-0.15, -0.1) is 5.10 Å². The van der Waals surface area contributed by atoms with E-state index in [1.54, 1.807) is 22.9 Å². The zero-order valence-electron chi connectivity index (χ0n) is 10.4. The first-order valence-corrected chi connectivity index (χ1v) is 6.10. The van der Waals surface area contributed by atoms with Gasteiger partial charge in [-0.3, -0.25) is 0 Å². The number of nitrogens with zero attached hydrogens (tertiary/aromatic N) is 3. The van der Waals surface area contributed by atoms with Crippen LogP contribution in [0.1, 0.15) is 37.0 Å². The van der Waals surface area contributed by atoms with E-state index in [2.05, 4.69) is 24.2 Å². The van der Waals surface area contributed by atoms with Crippen LogP contribution in [0.5, 0.6) is 0 Å². The van der Waals surface area contributed by atoms with Crippen LogP contribution in [0.3, 0.4) is 0 Å². The molecule has 1 aliphatic rings. The summed E-state index contributed by atoms with van der Waals surface area (Å²) in [7, 11) is 0. The maximum Gasteiger partial charge on any atom is 0.337 e. The molecule has 1 N–H and O–H groups in total. The number of aromatic nitrogens is 3. The van der Waals surface area contributed by atoms with E-state index in [9.17, 15) is 9.90 Å². The normalized spacial score (nSPS) is 16.1. The minimum atomic E-state index is -0.934. The summed E-state index contributed by atoms with van der Waals surface area (Å²) in [6, 6.07) is 5.11. The van der Waals surface area contributed by atoms with Gasteiger partial charge in [0, 0.05) is 0 Å². The fraction of sp³-hybridized carbons (Fsp3) is 0.462. The Bertz CT molecular complexity index is 626. The Morgan fingerprint density at radius 3 is 2.78 bits per heavy atom. The van der Waals surface area contributed by atoms with Crippen molar-refractivity contribution >= 4 is 17.0 Å². The van der Waals surface area contributed by atoms with E-state index in [0.717, 1.165) is 0 Å². The molecular formula is C13H15N3O2. The Labute approximate surface area is 104 Å². The molecule has 0 aliphatic heterocycles. The van der Waals surface area contributed by atoms with Crippen molar-refractivity contribution in [3.8, 4) is 0 Å². The second kappa shape index (κ2) is 3.54. The summed E-state index contributed by atoms with van der Waals surface area (Å²) in [5.41, 5.74) is 1.36. The van der Waals surface area contributed by atoms with Crippen molar-refractivity contribution in [2.24, 2.45) is 5.92 Å². The van der Waals surface area contributed by atoms with Gasteiger partial charge in [0.2, 0.25) is 0 Å². The van der Waals surface area contributed by atoms with Gasteiger partial charge in [0.05, 0.1) is 11.1 Å². The zero-order valence-corrected chi connectivity index (χ0v) is 10.4. The van der Waals surface area contributed by atoms with E-state index >= 15 is 0 Å². The number of carboxylic acids is 1. The van der Waals surface area contributed by atoms with Crippen molar-refractivity contribution in [2.45, 2.75) is 32.2 Å². The third-order valence-electron chi connectivity index (χ3n) is 3.82. The number of fused-ring (bicyclic) bond motifs is 1. The van der Waals surface area contributed by atoms with Gasteiger partial charge >= 0.3 is 5.97 Å². The Kier molecular flexibility index (Phi) is 2.20. The Balaban J connectivity index is 2.27. The smallest absolute Gasteiger partial charge is 0.337 e. The molecule has 0 bridgehead atoms. The molecule has 0 saturated heterocycles. The van der Waals surface area contributed by atoms with Crippen LogP contribution in [-0.4, -0.2) is 26.1 Å². The monoisotopic (exact) mass is 245 g/mol. The van der Waals surface area contributed by atoms with Crippen molar-refractivity contribution in [1.82, 2.24) is 15.0 Å². The third-order valence-corrected chi connectivity index (χ3v) is 3.82. The van der Waals surface area contributed by atoms with Gasteiger partial charge in [-0.05, 0) is 44.7 Å². The molecule has 5 heteroatoms. The van der Waals surface area contributed by atoms with Gasteiger partial charge in [0.15, 0.2) is 0 Å². The quantitative estimate of drug-likeness (QED) is 0.900. The second-order valence-electron chi connectivity index (χ2n) is 5.41. The Hall–Kier alpha value is -1.91. The first-order chi connectivity index (χ1) is 8.51. The molecule has 1 saturated carbocycles. The largest absolute Gasteiger partial charge is 0.478 e. The SMILES string of the molecule is CC(C)(C1CC1)n1nnc2cccc(C(=O)O)c21. The van der Waals surface area contributed by atoms with E-state index in [4.69, 9.17) is 0 Å². The number of hydrogen-bond donors (Lipinski definition) is 1. The van der Waals surface area contributed by atoms with E-state index in [1.807, 2.05) is 0 Å². The van der Waals surface area contributed by atoms with Crippen LogP contribution in [-0.2, 0) is 5.54 Å². The number of benzene rings is 1. The van der Waals surface area contributed by atoms with Crippen LogP contribution < -0.4 is 0 Å². The number of carboxylic acid groups (broad SMARTS) is 1. The van der Waals surface area contributed by atoms with E-state index < -0.39 is 5.97 Å². The molecule has 0 unspecified atom stereocenters. The molecule has 2 aromatic rings. The summed E-state index contributed by atoms with van der Waals surface area (Å²) in [5.74, 6) is -0.375. The van der Waals surface area contributed by atoms with Crippen LogP contribution in [0.2, 0.25) is 0 Å². The fourth-order valence-corrected chi connectivity index (χ4v) is 2.51. The molecule has 18 heavy (non-hydrogen) atoms. The van der Waals surface area contributed by atoms with Crippen LogP contribution in [0.4, 0.5) is 0 Å². The molecule has 1 aliphatic carbocycles. The number of carbonyl (C=O) groups is 1. The molecule has 1 fully saturated rings. The fourth-order valence-electron chi connectivity index (χ4n) is 2.51. The molecule has 0 atom stereocenters. The summed E-state index contributed by atoms with van der Waals surface area (Å²) in [6.07, 6.45) is 2.34. The van der Waals surface area contributed by atoms with Gasteiger partial charge < -0.3 is 5.11 Å². The maximum atomic E-state index is 11.3. The van der Waals surface area contributed by atoms with Crippen molar-refractivity contribution in [2.75, 3.05) is 0 Å². The van der Waals surface area contributed by atoms with E-state index in [0.29, 0.717) is 17.0 Å². The van der Waals surface area contributed by atoms with Crippen molar-refractivity contribution in [3.05, 3.63) is 23.8 Å². The predicted molar refractivity (Wildman–Crippen MR) is 66.5 cm³/mol. The number of para-hydroxylation sites is 1. The van der Waals surface area contributed by atoms with Gasteiger partial charge in [0.1, 0.15) is 11.0 Å². The lowest BCUT2D eigenvalue weighted by Gasteiger charge is -2.25.